The Bertz CT molecular complexity index is 1860. The summed E-state index contributed by atoms with van der Waals surface area (Å²) < 4.78 is 30.1. The number of thiophene rings is 3. The molecular formula is C38H45NO5S4. The molecule has 6 nitrogen and oxygen atoms in total. The van der Waals surface area contributed by atoms with E-state index in [1.165, 1.54) is 32.6 Å². The van der Waals surface area contributed by atoms with E-state index in [1.807, 2.05) is 54.8 Å². The van der Waals surface area contributed by atoms with Crippen molar-refractivity contribution in [1.82, 2.24) is 4.31 Å². The molecule has 7 rings (SSSR count). The summed E-state index contributed by atoms with van der Waals surface area (Å²) in [5, 5.41) is 27.6. The maximum atomic E-state index is 14.2. The number of hydrogen-bond donors (Lipinski definition) is 2. The first-order valence-corrected chi connectivity index (χ1v) is 20.8. The highest BCUT2D eigenvalue weighted by Gasteiger charge is 2.58. The number of aryl methyl sites for hydroxylation is 1. The van der Waals surface area contributed by atoms with E-state index in [-0.39, 0.29) is 29.0 Å². The van der Waals surface area contributed by atoms with Crippen LogP contribution in [0.3, 0.4) is 0 Å². The van der Waals surface area contributed by atoms with Crippen LogP contribution in [-0.4, -0.2) is 53.5 Å². The Hall–Kier alpha value is -2.44. The highest BCUT2D eigenvalue weighted by Crippen LogP contribution is 2.59. The Kier molecular flexibility index (Phi) is 10.6. The van der Waals surface area contributed by atoms with E-state index in [2.05, 4.69) is 19.9 Å². The average molecular weight is 724 g/mol. The molecule has 2 N–H and O–H groups in total. The van der Waals surface area contributed by atoms with Crippen molar-refractivity contribution < 1.29 is 23.4 Å². The molecule has 3 aliphatic carbocycles. The number of nitrogens with zero attached hydrogens (tertiary/aromatic N) is 1. The minimum atomic E-state index is -3.86. The molecule has 1 fully saturated rings. The first-order chi connectivity index (χ1) is 22.9. The lowest BCUT2D eigenvalue weighted by Crippen LogP contribution is -2.54. The van der Waals surface area contributed by atoms with Gasteiger partial charge in [-0.25, -0.2) is 8.42 Å². The summed E-state index contributed by atoms with van der Waals surface area (Å²) in [5.74, 6) is -0.223. The predicted octanol–water partition coefficient (Wildman–Crippen LogP) is 8.38. The molecule has 0 radical (unpaired) electrons. The Morgan fingerprint density at radius 2 is 1.81 bits per heavy atom. The Morgan fingerprint density at radius 3 is 2.52 bits per heavy atom. The van der Waals surface area contributed by atoms with Crippen molar-refractivity contribution in [3.8, 4) is 0 Å². The van der Waals surface area contributed by atoms with Gasteiger partial charge in [0.25, 0.3) is 10.0 Å². The SMILES string of the molecule is CC1=CCCC2(C)C(CCC2(O)CN(CCc2cccs2)S(=O)(=O)c2cccs2)c2ccc(cc2C(=O)c2ccc(C)s2)CC(O)CC1. The fourth-order valence-electron chi connectivity index (χ4n) is 7.69. The van der Waals surface area contributed by atoms with E-state index in [0.29, 0.717) is 55.4 Å². The van der Waals surface area contributed by atoms with E-state index < -0.39 is 27.1 Å². The number of ketones is 1. The zero-order valence-electron chi connectivity index (χ0n) is 27.9. The van der Waals surface area contributed by atoms with Crippen molar-refractivity contribution in [2.45, 2.75) is 94.0 Å². The first kappa shape index (κ1) is 35.4. The number of fused-ring (bicyclic) bond motifs is 8. The van der Waals surface area contributed by atoms with Gasteiger partial charge in [-0.1, -0.05) is 42.8 Å². The Balaban J connectivity index is 1.43. The zero-order valence-corrected chi connectivity index (χ0v) is 31.1. The highest BCUT2D eigenvalue weighted by atomic mass is 32.2. The van der Waals surface area contributed by atoms with Crippen LogP contribution in [0.25, 0.3) is 0 Å². The van der Waals surface area contributed by atoms with Gasteiger partial charge >= 0.3 is 0 Å². The van der Waals surface area contributed by atoms with E-state index in [0.717, 1.165) is 27.3 Å². The van der Waals surface area contributed by atoms with Gasteiger partial charge in [-0.3, -0.25) is 4.79 Å². The molecule has 0 amide bonds. The van der Waals surface area contributed by atoms with Crippen LogP contribution in [-0.2, 0) is 22.9 Å². The lowest BCUT2D eigenvalue weighted by Gasteiger charge is -2.46. The predicted molar refractivity (Wildman–Crippen MR) is 197 cm³/mol. The third-order valence-corrected chi connectivity index (χ3v) is 15.7. The average Bonchev–Trinajstić information content (AvgIpc) is 3.88. The maximum Gasteiger partial charge on any atom is 0.252 e. The summed E-state index contributed by atoms with van der Waals surface area (Å²) in [6, 6.07) is 17.2. The van der Waals surface area contributed by atoms with Crippen LogP contribution in [0.5, 0.6) is 0 Å². The van der Waals surface area contributed by atoms with Gasteiger partial charge in [-0.15, -0.1) is 34.0 Å². The molecular weight excluding hydrogens is 679 g/mol. The summed E-state index contributed by atoms with van der Waals surface area (Å²) in [5.41, 5.74) is 1.55. The van der Waals surface area contributed by atoms with Crippen LogP contribution in [0.15, 0.2) is 81.2 Å². The molecule has 48 heavy (non-hydrogen) atoms. The Morgan fingerprint density at radius 1 is 1.02 bits per heavy atom. The number of carbonyl (C=O) groups is 1. The molecule has 3 aromatic heterocycles. The molecule has 256 valence electrons. The fourth-order valence-corrected chi connectivity index (χ4v) is 11.8. The van der Waals surface area contributed by atoms with Gasteiger partial charge in [0.1, 0.15) is 4.21 Å². The highest BCUT2D eigenvalue weighted by molar-refractivity contribution is 7.91. The number of aliphatic hydroxyl groups is 2. The molecule has 1 saturated carbocycles. The topological polar surface area (TPSA) is 94.9 Å². The van der Waals surface area contributed by atoms with Crippen molar-refractivity contribution in [1.29, 1.82) is 0 Å². The molecule has 0 saturated heterocycles. The molecule has 0 spiro atoms. The van der Waals surface area contributed by atoms with Gasteiger partial charge in [0.15, 0.2) is 0 Å². The third-order valence-electron chi connectivity index (χ3n) is 10.6. The monoisotopic (exact) mass is 723 g/mol. The van der Waals surface area contributed by atoms with Crippen molar-refractivity contribution in [3.63, 3.8) is 0 Å². The first-order valence-electron chi connectivity index (χ1n) is 16.8. The molecule has 3 aliphatic rings. The van der Waals surface area contributed by atoms with E-state index in [4.69, 9.17) is 0 Å². The second kappa shape index (κ2) is 14.4. The lowest BCUT2D eigenvalue weighted by atomic mass is 9.65. The maximum absolute atomic E-state index is 14.2. The lowest BCUT2D eigenvalue weighted by molar-refractivity contribution is -0.0722. The third kappa shape index (κ3) is 7.22. The number of allylic oxidation sites excluding steroid dienone is 2. The van der Waals surface area contributed by atoms with E-state index in [1.54, 1.807) is 28.8 Å². The van der Waals surface area contributed by atoms with Crippen LogP contribution < -0.4 is 0 Å². The van der Waals surface area contributed by atoms with Crippen LogP contribution in [0.2, 0.25) is 0 Å². The quantitative estimate of drug-likeness (QED) is 0.134. The fraction of sp³-hybridized carbons (Fsp3) is 0.447. The van der Waals surface area contributed by atoms with Gasteiger partial charge in [0, 0.05) is 33.8 Å². The van der Waals surface area contributed by atoms with Crippen LogP contribution in [0.1, 0.15) is 94.4 Å². The summed E-state index contributed by atoms with van der Waals surface area (Å²) in [4.78, 5) is 17.0. The minimum Gasteiger partial charge on any atom is -0.393 e. The molecule has 4 atom stereocenters. The van der Waals surface area contributed by atoms with Crippen LogP contribution >= 0.6 is 34.0 Å². The number of benzene rings is 1. The summed E-state index contributed by atoms with van der Waals surface area (Å²) in [6.45, 7) is 6.43. The molecule has 0 aliphatic heterocycles. The minimum absolute atomic E-state index is 0.0218. The summed E-state index contributed by atoms with van der Waals surface area (Å²) in [6.07, 6.45) is 6.48. The number of carbonyl (C=O) groups excluding carboxylic acids is 1. The van der Waals surface area contributed by atoms with Crippen molar-refractivity contribution in [2.75, 3.05) is 13.1 Å². The Labute approximate surface area is 296 Å². The largest absolute Gasteiger partial charge is 0.393 e. The van der Waals surface area contributed by atoms with Crippen molar-refractivity contribution in [3.05, 3.63) is 108 Å². The van der Waals surface area contributed by atoms with Gasteiger partial charge in [-0.2, -0.15) is 4.31 Å². The second-order valence-corrected chi connectivity index (χ2v) is 19.2. The molecule has 4 aromatic rings. The van der Waals surface area contributed by atoms with Gasteiger partial charge in [-0.05, 0) is 123 Å². The van der Waals surface area contributed by atoms with E-state index >= 15 is 0 Å². The van der Waals surface area contributed by atoms with Crippen molar-refractivity contribution in [2.24, 2.45) is 5.41 Å². The van der Waals surface area contributed by atoms with E-state index in [9.17, 15) is 23.4 Å². The van der Waals surface area contributed by atoms with Gasteiger partial charge < -0.3 is 10.2 Å². The normalized spacial score (nSPS) is 25.2. The van der Waals surface area contributed by atoms with Crippen LogP contribution in [0, 0.1) is 12.3 Å². The second-order valence-electron chi connectivity index (χ2n) is 13.8. The molecule has 10 heteroatoms. The number of hydrogen-bond acceptors (Lipinski definition) is 8. The summed E-state index contributed by atoms with van der Waals surface area (Å²) >= 11 is 4.28. The standard InChI is InChI=1S/C38H45NO5S4/c1-26-7-4-18-37(3)33(31-14-12-28(23-29(40)13-10-26)24-32(31)36(41)34-15-11-27(2)47-34)16-19-38(37,42)25-39(20-17-30-8-5-21-45-30)48(43,44)35-9-6-22-46-35/h5-9,11-12,14-15,21-22,24,29,33,40,42H,4,10,13,16-20,23,25H2,1-3H3. The molecule has 3 heterocycles. The number of rotatable bonds is 9. The number of sulfonamides is 1. The van der Waals surface area contributed by atoms with Gasteiger partial charge in [0.2, 0.25) is 5.78 Å². The van der Waals surface area contributed by atoms with Gasteiger partial charge in [0.05, 0.1) is 16.6 Å². The van der Waals surface area contributed by atoms with Crippen LogP contribution in [0.4, 0.5) is 0 Å². The van der Waals surface area contributed by atoms with Crippen molar-refractivity contribution >= 4 is 49.8 Å². The zero-order chi connectivity index (χ0) is 34.1. The number of aliphatic hydroxyl groups excluding tert-OH is 1. The molecule has 1 aromatic carbocycles. The molecule has 4 unspecified atom stereocenters. The molecule has 2 bridgehead atoms. The smallest absolute Gasteiger partial charge is 0.252 e. The summed E-state index contributed by atoms with van der Waals surface area (Å²) in [7, 11) is -3.86.